The molecule has 4 unspecified atom stereocenters. The largest absolute Gasteiger partial charge is 0.508 e. The van der Waals surface area contributed by atoms with E-state index < -0.39 is 12.2 Å². The molecule has 8 heteroatoms. The molecule has 2 heterocycles. The van der Waals surface area contributed by atoms with E-state index in [9.17, 15) is 30.6 Å². The summed E-state index contributed by atoms with van der Waals surface area (Å²) >= 11 is 0. The molecule has 180 valence electrons. The fraction of sp³-hybridized carbons (Fsp3) is 0.143. The highest BCUT2D eigenvalue weighted by atomic mass is 16.5. The first-order valence-electron chi connectivity index (χ1n) is 11.4. The van der Waals surface area contributed by atoms with E-state index in [1.807, 2.05) is 0 Å². The van der Waals surface area contributed by atoms with Crippen molar-refractivity contribution in [3.8, 4) is 46.0 Å². The zero-order valence-corrected chi connectivity index (χ0v) is 18.6. The van der Waals surface area contributed by atoms with Crippen LogP contribution in [0.4, 0.5) is 0 Å². The first kappa shape index (κ1) is 20.6. The van der Waals surface area contributed by atoms with Gasteiger partial charge in [-0.15, -0.1) is 0 Å². The molecular weight excluding hydrogens is 464 g/mol. The molecule has 0 saturated heterocycles. The number of phenols is 6. The molecule has 4 atom stereocenters. The molecule has 0 fully saturated rings. The van der Waals surface area contributed by atoms with E-state index in [2.05, 4.69) is 0 Å². The molecule has 3 aliphatic rings. The number of rotatable bonds is 2. The second kappa shape index (κ2) is 6.91. The Bertz CT molecular complexity index is 1470. The summed E-state index contributed by atoms with van der Waals surface area (Å²) in [5.41, 5.74) is 4.47. The quantitative estimate of drug-likeness (QED) is 0.224. The average molecular weight is 484 g/mol. The molecule has 2 aliphatic heterocycles. The minimum Gasteiger partial charge on any atom is -0.508 e. The van der Waals surface area contributed by atoms with Crippen molar-refractivity contribution < 1.29 is 40.1 Å². The van der Waals surface area contributed by atoms with Crippen molar-refractivity contribution in [2.45, 2.75) is 24.0 Å². The van der Waals surface area contributed by atoms with E-state index >= 15 is 0 Å². The van der Waals surface area contributed by atoms with Gasteiger partial charge in [0.25, 0.3) is 0 Å². The Labute approximate surface area is 204 Å². The molecular formula is C28H20O8. The topological polar surface area (TPSA) is 140 Å². The fourth-order valence-corrected chi connectivity index (χ4v) is 5.95. The molecule has 0 amide bonds. The highest BCUT2D eigenvalue weighted by Crippen LogP contribution is 2.65. The molecule has 36 heavy (non-hydrogen) atoms. The second-order valence-corrected chi connectivity index (χ2v) is 9.42. The summed E-state index contributed by atoms with van der Waals surface area (Å²) in [7, 11) is 0. The van der Waals surface area contributed by atoms with Crippen LogP contribution in [0.2, 0.25) is 0 Å². The van der Waals surface area contributed by atoms with Crippen molar-refractivity contribution in [2.75, 3.05) is 0 Å². The summed E-state index contributed by atoms with van der Waals surface area (Å²) in [5.74, 6) is -0.838. The monoisotopic (exact) mass is 484 g/mol. The van der Waals surface area contributed by atoms with Gasteiger partial charge in [-0.2, -0.15) is 0 Å². The van der Waals surface area contributed by atoms with E-state index in [1.165, 1.54) is 36.4 Å². The fourth-order valence-electron chi connectivity index (χ4n) is 5.95. The molecule has 0 radical (unpaired) electrons. The zero-order chi connectivity index (χ0) is 24.9. The third kappa shape index (κ3) is 2.69. The van der Waals surface area contributed by atoms with E-state index in [4.69, 9.17) is 9.47 Å². The van der Waals surface area contributed by atoms with E-state index in [0.29, 0.717) is 22.6 Å². The highest BCUT2D eigenvalue weighted by Gasteiger charge is 2.51. The second-order valence-electron chi connectivity index (χ2n) is 9.42. The summed E-state index contributed by atoms with van der Waals surface area (Å²) in [5, 5.41) is 61.1. The number of aromatic hydroxyl groups is 6. The number of hydrogen-bond acceptors (Lipinski definition) is 8. The van der Waals surface area contributed by atoms with Gasteiger partial charge in [0.1, 0.15) is 35.2 Å². The Morgan fingerprint density at radius 2 is 0.889 bits per heavy atom. The lowest BCUT2D eigenvalue weighted by atomic mass is 9.69. The number of benzene rings is 4. The van der Waals surface area contributed by atoms with Gasteiger partial charge in [-0.1, -0.05) is 12.1 Å². The van der Waals surface area contributed by atoms with E-state index in [-0.39, 0.29) is 46.3 Å². The minimum absolute atomic E-state index is 0.0136. The summed E-state index contributed by atoms with van der Waals surface area (Å²) in [6.07, 6.45) is -1.20. The lowest BCUT2D eigenvalue weighted by molar-refractivity contribution is 0.217. The van der Waals surface area contributed by atoms with Gasteiger partial charge in [0.05, 0.1) is 11.8 Å². The van der Waals surface area contributed by atoms with Crippen LogP contribution in [-0.4, -0.2) is 30.6 Å². The predicted molar refractivity (Wildman–Crippen MR) is 126 cm³/mol. The maximum Gasteiger partial charge on any atom is 0.157 e. The van der Waals surface area contributed by atoms with Gasteiger partial charge in [0, 0.05) is 23.3 Å². The summed E-state index contributed by atoms with van der Waals surface area (Å²) in [4.78, 5) is 0. The average Bonchev–Trinajstić information content (AvgIpc) is 3.40. The van der Waals surface area contributed by atoms with Crippen LogP contribution >= 0.6 is 0 Å². The van der Waals surface area contributed by atoms with Crippen molar-refractivity contribution >= 4 is 0 Å². The Morgan fingerprint density at radius 1 is 0.472 bits per heavy atom. The molecule has 0 saturated carbocycles. The van der Waals surface area contributed by atoms with Crippen LogP contribution in [-0.2, 0) is 0 Å². The standard InChI is InChI=1S/C28H20O8/c29-13-7-15-24-22(10-13)36-28(12-2-4-18(32)20(34)6-12)26(24)16-8-14(30)9-21-23(16)25(15)27(35-21)11-1-3-17(31)19(33)5-11/h1-10,25-34H. The third-order valence-electron chi connectivity index (χ3n) is 7.38. The van der Waals surface area contributed by atoms with Crippen LogP contribution in [0, 0.1) is 0 Å². The molecule has 8 nitrogen and oxygen atoms in total. The van der Waals surface area contributed by atoms with Crippen molar-refractivity contribution in [1.82, 2.24) is 0 Å². The van der Waals surface area contributed by atoms with Crippen LogP contribution in [0.15, 0.2) is 60.7 Å². The smallest absolute Gasteiger partial charge is 0.157 e. The first-order valence-corrected chi connectivity index (χ1v) is 11.4. The lowest BCUT2D eigenvalue weighted by Crippen LogP contribution is -2.21. The SMILES string of the molecule is Oc1cc2c3c(c1)C1c4c(cc(O)cc4C3C(c3ccc(O)c(O)c3)O2)OC1c1ccc(O)c(O)c1. The van der Waals surface area contributed by atoms with Crippen LogP contribution in [0.1, 0.15) is 57.4 Å². The van der Waals surface area contributed by atoms with Crippen molar-refractivity contribution in [2.24, 2.45) is 0 Å². The third-order valence-corrected chi connectivity index (χ3v) is 7.38. The van der Waals surface area contributed by atoms with Crippen molar-refractivity contribution in [1.29, 1.82) is 0 Å². The van der Waals surface area contributed by atoms with Gasteiger partial charge in [0.2, 0.25) is 0 Å². The number of ether oxygens (including phenoxy) is 2. The van der Waals surface area contributed by atoms with Crippen LogP contribution in [0.5, 0.6) is 46.0 Å². The molecule has 4 aromatic carbocycles. The maximum absolute atomic E-state index is 10.6. The van der Waals surface area contributed by atoms with E-state index in [1.54, 1.807) is 24.3 Å². The molecule has 4 aromatic rings. The Hall–Kier alpha value is -4.72. The van der Waals surface area contributed by atoms with Crippen molar-refractivity contribution in [3.63, 3.8) is 0 Å². The normalized spacial score (nSPS) is 22.4. The summed E-state index contributed by atoms with van der Waals surface area (Å²) in [6.45, 7) is 0. The van der Waals surface area contributed by atoms with Gasteiger partial charge < -0.3 is 40.1 Å². The molecule has 0 aromatic heterocycles. The Balaban J connectivity index is 1.47. The predicted octanol–water partition coefficient (Wildman–Crippen LogP) is 4.76. The Morgan fingerprint density at radius 3 is 1.28 bits per heavy atom. The molecule has 0 bridgehead atoms. The minimum atomic E-state index is -0.601. The molecule has 6 N–H and O–H groups in total. The van der Waals surface area contributed by atoms with Gasteiger partial charge in [-0.05, 0) is 58.7 Å². The van der Waals surface area contributed by atoms with E-state index in [0.717, 1.165) is 22.3 Å². The van der Waals surface area contributed by atoms with Gasteiger partial charge in [0.15, 0.2) is 23.0 Å². The summed E-state index contributed by atoms with van der Waals surface area (Å²) < 4.78 is 12.7. The first-order chi connectivity index (χ1) is 17.3. The number of hydrogen-bond donors (Lipinski definition) is 6. The number of phenolic OH excluding ortho intramolecular Hbond substituents is 6. The molecule has 7 rings (SSSR count). The van der Waals surface area contributed by atoms with Gasteiger partial charge >= 0.3 is 0 Å². The van der Waals surface area contributed by atoms with Gasteiger partial charge in [-0.3, -0.25) is 0 Å². The van der Waals surface area contributed by atoms with Crippen LogP contribution < -0.4 is 9.47 Å². The van der Waals surface area contributed by atoms with Crippen molar-refractivity contribution in [3.05, 3.63) is 94.0 Å². The highest BCUT2D eigenvalue weighted by molar-refractivity contribution is 5.69. The van der Waals surface area contributed by atoms with Crippen LogP contribution in [0.3, 0.4) is 0 Å². The van der Waals surface area contributed by atoms with Gasteiger partial charge in [-0.25, -0.2) is 0 Å². The number of fused-ring (bicyclic) bond motifs is 2. The molecule has 0 spiro atoms. The Kier molecular flexibility index (Phi) is 3.96. The maximum atomic E-state index is 10.6. The summed E-state index contributed by atoms with van der Waals surface area (Å²) in [6, 6.07) is 15.4. The molecule has 1 aliphatic carbocycles. The lowest BCUT2D eigenvalue weighted by Gasteiger charge is -2.31. The van der Waals surface area contributed by atoms with Crippen LogP contribution in [0.25, 0.3) is 0 Å². The zero-order valence-electron chi connectivity index (χ0n) is 18.6.